The van der Waals surface area contributed by atoms with Crippen molar-refractivity contribution in [3.63, 3.8) is 0 Å². The van der Waals surface area contributed by atoms with Gasteiger partial charge in [0.05, 0.1) is 37.1 Å². The van der Waals surface area contributed by atoms with Gasteiger partial charge in [0.1, 0.15) is 13.1 Å². The smallest absolute Gasteiger partial charge is 0.269 e. The van der Waals surface area contributed by atoms with E-state index in [1.54, 1.807) is 19.1 Å². The van der Waals surface area contributed by atoms with Crippen molar-refractivity contribution in [1.82, 2.24) is 5.32 Å². The standard InChI is InChI=1S/C15H21N3O4/c1-12(13-2-4-14(5-3-13)18(20)21)15(19)16-6-7-17-8-10-22-11-9-17/h2-5,12H,6-11H2,1H3,(H,16,19)/p+1/t12-/m0/s1. The number of non-ortho nitro benzene ring substituents is 1. The number of nitrogens with zero attached hydrogens (tertiary/aromatic N) is 1. The Morgan fingerprint density at radius 2 is 2.00 bits per heavy atom. The minimum absolute atomic E-state index is 0.0345. The third kappa shape index (κ3) is 4.51. The van der Waals surface area contributed by atoms with Crippen LogP contribution in [0.3, 0.4) is 0 Å². The van der Waals surface area contributed by atoms with Crippen LogP contribution >= 0.6 is 0 Å². The van der Waals surface area contributed by atoms with Crippen molar-refractivity contribution in [2.24, 2.45) is 0 Å². The number of carbonyl (C=O) groups is 1. The first-order valence-electron chi connectivity index (χ1n) is 7.51. The summed E-state index contributed by atoms with van der Waals surface area (Å²) in [5.41, 5.74) is 0.814. The number of amides is 1. The van der Waals surface area contributed by atoms with Crippen LogP contribution in [0.4, 0.5) is 5.69 Å². The lowest BCUT2D eigenvalue weighted by molar-refractivity contribution is -0.906. The van der Waals surface area contributed by atoms with E-state index < -0.39 is 4.92 Å². The van der Waals surface area contributed by atoms with Crippen molar-refractivity contribution >= 4 is 11.6 Å². The largest absolute Gasteiger partial charge is 0.370 e. The van der Waals surface area contributed by atoms with Gasteiger partial charge in [-0.3, -0.25) is 14.9 Å². The maximum Gasteiger partial charge on any atom is 0.269 e. The predicted molar refractivity (Wildman–Crippen MR) is 80.9 cm³/mol. The average molecular weight is 308 g/mol. The van der Waals surface area contributed by atoms with Crippen LogP contribution in [0.25, 0.3) is 0 Å². The Hall–Kier alpha value is -1.99. The fourth-order valence-corrected chi connectivity index (χ4v) is 2.46. The number of carbonyl (C=O) groups excluding carboxylic acids is 1. The number of nitrogens with one attached hydrogen (secondary N) is 2. The molecule has 1 fully saturated rings. The lowest BCUT2D eigenvalue weighted by Gasteiger charge is -2.24. The number of quaternary nitrogens is 1. The van der Waals surface area contributed by atoms with E-state index in [-0.39, 0.29) is 17.5 Å². The van der Waals surface area contributed by atoms with E-state index in [2.05, 4.69) is 5.32 Å². The number of hydrogen-bond acceptors (Lipinski definition) is 4. The molecule has 120 valence electrons. The van der Waals surface area contributed by atoms with E-state index >= 15 is 0 Å². The number of nitro groups is 1. The van der Waals surface area contributed by atoms with Gasteiger partial charge in [0.15, 0.2) is 0 Å². The molecular formula is C15H22N3O4+. The summed E-state index contributed by atoms with van der Waals surface area (Å²) in [5.74, 6) is -0.373. The lowest BCUT2D eigenvalue weighted by atomic mass is 10.00. The van der Waals surface area contributed by atoms with Crippen LogP contribution in [-0.4, -0.2) is 50.2 Å². The van der Waals surface area contributed by atoms with Crippen LogP contribution in [0.2, 0.25) is 0 Å². The second-order valence-electron chi connectivity index (χ2n) is 5.47. The maximum atomic E-state index is 12.1. The lowest BCUT2D eigenvalue weighted by Crippen LogP contribution is -3.14. The highest BCUT2D eigenvalue weighted by Gasteiger charge is 2.18. The average Bonchev–Trinajstić information content (AvgIpc) is 2.55. The van der Waals surface area contributed by atoms with Crippen molar-refractivity contribution in [2.75, 3.05) is 39.4 Å². The minimum atomic E-state index is -0.445. The van der Waals surface area contributed by atoms with Gasteiger partial charge < -0.3 is 15.0 Å². The van der Waals surface area contributed by atoms with E-state index in [1.807, 2.05) is 0 Å². The normalized spacial score (nSPS) is 17.0. The van der Waals surface area contributed by atoms with Gasteiger partial charge in [-0.2, -0.15) is 0 Å². The van der Waals surface area contributed by atoms with E-state index in [9.17, 15) is 14.9 Å². The second-order valence-corrected chi connectivity index (χ2v) is 5.47. The zero-order valence-corrected chi connectivity index (χ0v) is 12.7. The molecular weight excluding hydrogens is 286 g/mol. The molecule has 7 heteroatoms. The Balaban J connectivity index is 1.79. The first-order valence-corrected chi connectivity index (χ1v) is 7.51. The van der Waals surface area contributed by atoms with E-state index in [1.165, 1.54) is 17.0 Å². The number of morpholine rings is 1. The minimum Gasteiger partial charge on any atom is -0.370 e. The van der Waals surface area contributed by atoms with Gasteiger partial charge in [0, 0.05) is 12.1 Å². The molecule has 7 nitrogen and oxygen atoms in total. The molecule has 0 bridgehead atoms. The molecule has 1 amide bonds. The van der Waals surface area contributed by atoms with E-state index in [4.69, 9.17) is 4.74 Å². The molecule has 0 spiro atoms. The quantitative estimate of drug-likeness (QED) is 0.559. The Bertz CT molecular complexity index is 512. The van der Waals surface area contributed by atoms with Gasteiger partial charge >= 0.3 is 0 Å². The zero-order valence-electron chi connectivity index (χ0n) is 12.7. The Kier molecular flexibility index (Phi) is 5.85. The van der Waals surface area contributed by atoms with Crippen molar-refractivity contribution < 1.29 is 19.4 Å². The van der Waals surface area contributed by atoms with Gasteiger partial charge in [0.25, 0.3) is 5.69 Å². The molecule has 1 heterocycles. The number of nitro benzene ring substituents is 1. The molecule has 22 heavy (non-hydrogen) atoms. The molecule has 0 aromatic heterocycles. The first-order chi connectivity index (χ1) is 10.6. The highest BCUT2D eigenvalue weighted by molar-refractivity contribution is 5.83. The summed E-state index contributed by atoms with van der Waals surface area (Å²) in [4.78, 5) is 23.7. The summed E-state index contributed by atoms with van der Waals surface area (Å²) in [6.07, 6.45) is 0. The third-order valence-electron chi connectivity index (χ3n) is 3.97. The Morgan fingerprint density at radius 1 is 1.36 bits per heavy atom. The van der Waals surface area contributed by atoms with Gasteiger partial charge in [0.2, 0.25) is 5.91 Å². The molecule has 1 aromatic carbocycles. The summed E-state index contributed by atoms with van der Waals surface area (Å²) >= 11 is 0. The Morgan fingerprint density at radius 3 is 2.59 bits per heavy atom. The van der Waals surface area contributed by atoms with Crippen LogP contribution in [-0.2, 0) is 9.53 Å². The van der Waals surface area contributed by atoms with Crippen LogP contribution in [0.15, 0.2) is 24.3 Å². The summed E-state index contributed by atoms with van der Waals surface area (Å²) in [7, 11) is 0. The predicted octanol–water partition coefficient (Wildman–Crippen LogP) is -0.270. The van der Waals surface area contributed by atoms with Crippen LogP contribution in [0, 0.1) is 10.1 Å². The monoisotopic (exact) mass is 308 g/mol. The molecule has 0 saturated carbocycles. The van der Waals surface area contributed by atoms with Gasteiger partial charge in [-0.25, -0.2) is 0 Å². The molecule has 2 N–H and O–H groups in total. The molecule has 1 aliphatic heterocycles. The summed E-state index contributed by atoms with van der Waals surface area (Å²) in [5, 5.41) is 13.6. The van der Waals surface area contributed by atoms with Crippen molar-refractivity contribution in [2.45, 2.75) is 12.8 Å². The summed E-state index contributed by atoms with van der Waals surface area (Å²) in [6.45, 7) is 6.85. The second kappa shape index (κ2) is 7.86. The van der Waals surface area contributed by atoms with Crippen molar-refractivity contribution in [3.05, 3.63) is 39.9 Å². The molecule has 2 rings (SSSR count). The molecule has 1 saturated heterocycles. The number of benzene rings is 1. The van der Waals surface area contributed by atoms with Gasteiger partial charge in [-0.1, -0.05) is 12.1 Å². The fourth-order valence-electron chi connectivity index (χ4n) is 2.46. The molecule has 0 unspecified atom stereocenters. The third-order valence-corrected chi connectivity index (χ3v) is 3.97. The van der Waals surface area contributed by atoms with E-state index in [0.29, 0.717) is 6.54 Å². The molecule has 1 aliphatic rings. The molecule has 0 aliphatic carbocycles. The fraction of sp³-hybridized carbons (Fsp3) is 0.533. The molecule has 1 aromatic rings. The van der Waals surface area contributed by atoms with Crippen LogP contribution in [0.5, 0.6) is 0 Å². The number of hydrogen-bond donors (Lipinski definition) is 2. The topological polar surface area (TPSA) is 85.9 Å². The molecule has 0 radical (unpaired) electrons. The summed E-state index contributed by atoms with van der Waals surface area (Å²) < 4.78 is 5.29. The van der Waals surface area contributed by atoms with Crippen molar-refractivity contribution in [1.29, 1.82) is 0 Å². The van der Waals surface area contributed by atoms with E-state index in [0.717, 1.165) is 38.4 Å². The maximum absolute atomic E-state index is 12.1. The molecule has 1 atom stereocenters. The van der Waals surface area contributed by atoms with Crippen LogP contribution < -0.4 is 10.2 Å². The first kappa shape index (κ1) is 16.4. The number of ether oxygens (including phenoxy) is 1. The SMILES string of the molecule is C[C@H](C(=O)NCC[NH+]1CCOCC1)c1ccc([N+](=O)[O-])cc1. The zero-order chi connectivity index (χ0) is 15.9. The van der Waals surface area contributed by atoms with Gasteiger partial charge in [-0.05, 0) is 12.5 Å². The highest BCUT2D eigenvalue weighted by atomic mass is 16.6. The number of rotatable bonds is 6. The van der Waals surface area contributed by atoms with Crippen molar-refractivity contribution in [3.8, 4) is 0 Å². The highest BCUT2D eigenvalue weighted by Crippen LogP contribution is 2.19. The Labute approximate surface area is 129 Å². The van der Waals surface area contributed by atoms with Gasteiger partial charge in [-0.15, -0.1) is 0 Å². The summed E-state index contributed by atoms with van der Waals surface area (Å²) in [6, 6.07) is 6.12. The van der Waals surface area contributed by atoms with Crippen LogP contribution in [0.1, 0.15) is 18.4 Å².